The van der Waals surface area contributed by atoms with Crippen molar-refractivity contribution in [2.45, 2.75) is 31.5 Å². The molecule has 2 atom stereocenters. The van der Waals surface area contributed by atoms with Gasteiger partial charge in [0.05, 0.1) is 0 Å². The monoisotopic (exact) mass is 282 g/mol. The van der Waals surface area contributed by atoms with Crippen LogP contribution in [0.5, 0.6) is 5.75 Å². The van der Waals surface area contributed by atoms with Gasteiger partial charge in [-0.2, -0.15) is 0 Å². The maximum atomic E-state index is 11.8. The molecule has 0 aliphatic rings. The predicted octanol–water partition coefficient (Wildman–Crippen LogP) is -0.0452. The molecule has 0 saturated carbocycles. The van der Waals surface area contributed by atoms with E-state index in [1.54, 1.807) is 18.2 Å². The van der Waals surface area contributed by atoms with Gasteiger partial charge in [0.15, 0.2) is 0 Å². The Morgan fingerprint density at radius 1 is 1.40 bits per heavy atom. The van der Waals surface area contributed by atoms with Crippen molar-refractivity contribution in [1.82, 2.24) is 0 Å². The zero-order valence-electron chi connectivity index (χ0n) is 11.1. The highest BCUT2D eigenvalue weighted by molar-refractivity contribution is 5.83. The van der Waals surface area contributed by atoms with Crippen molar-refractivity contribution >= 4 is 11.9 Å². The number of ether oxygens (including phenoxy) is 1. The highest BCUT2D eigenvalue weighted by Gasteiger charge is 2.37. The topological polar surface area (TPSA) is 136 Å². The minimum atomic E-state index is -2.09. The van der Waals surface area contributed by atoms with Gasteiger partial charge in [0, 0.05) is 12.8 Å². The second kappa shape index (κ2) is 6.36. The minimum Gasteiger partial charge on any atom is -0.508 e. The maximum Gasteiger partial charge on any atom is 0.363 e. The molecule has 0 fully saturated rings. The highest BCUT2D eigenvalue weighted by atomic mass is 16.6. The summed E-state index contributed by atoms with van der Waals surface area (Å²) >= 11 is 0. The third-order valence-corrected chi connectivity index (χ3v) is 2.90. The lowest BCUT2D eigenvalue weighted by molar-refractivity contribution is -0.179. The molecule has 20 heavy (non-hydrogen) atoms. The molecule has 0 saturated heterocycles. The van der Waals surface area contributed by atoms with Crippen LogP contribution in [-0.4, -0.2) is 33.9 Å². The standard InChI is InChI=1S/C13H18N2O5/c1-2-13(15,12(18)19)20-11(17)9(14)7-8-5-3-4-6-10(8)16/h3-6,9,16H,2,7,14-15H2,1H3,(H,18,19). The summed E-state index contributed by atoms with van der Waals surface area (Å²) in [4.78, 5) is 22.7. The normalized spacial score (nSPS) is 15.2. The first-order valence-electron chi connectivity index (χ1n) is 6.07. The molecule has 0 heterocycles. The lowest BCUT2D eigenvalue weighted by Gasteiger charge is -2.24. The van der Waals surface area contributed by atoms with Crippen LogP contribution in [0.3, 0.4) is 0 Å². The Labute approximate surface area is 116 Å². The van der Waals surface area contributed by atoms with E-state index >= 15 is 0 Å². The van der Waals surface area contributed by atoms with Gasteiger partial charge < -0.3 is 20.7 Å². The van der Waals surface area contributed by atoms with Gasteiger partial charge in [0.1, 0.15) is 11.8 Å². The summed E-state index contributed by atoms with van der Waals surface area (Å²) in [6.45, 7) is 1.48. The molecule has 0 aromatic heterocycles. The average molecular weight is 282 g/mol. The molecule has 0 spiro atoms. The van der Waals surface area contributed by atoms with Gasteiger partial charge in [-0.05, 0) is 11.6 Å². The molecule has 0 bridgehead atoms. The van der Waals surface area contributed by atoms with Crippen LogP contribution in [-0.2, 0) is 20.7 Å². The summed E-state index contributed by atoms with van der Waals surface area (Å²) in [6.07, 6.45) is -0.0672. The van der Waals surface area contributed by atoms with Gasteiger partial charge in [-0.25, -0.2) is 4.79 Å². The molecule has 2 unspecified atom stereocenters. The zero-order chi connectivity index (χ0) is 15.3. The van der Waals surface area contributed by atoms with Crippen LogP contribution in [0.15, 0.2) is 24.3 Å². The summed E-state index contributed by atoms with van der Waals surface area (Å²) in [5.74, 6) is -2.37. The predicted molar refractivity (Wildman–Crippen MR) is 70.7 cm³/mol. The molecule has 1 aromatic rings. The molecule has 1 rings (SSSR count). The van der Waals surface area contributed by atoms with Gasteiger partial charge in [-0.15, -0.1) is 0 Å². The van der Waals surface area contributed by atoms with E-state index in [9.17, 15) is 14.7 Å². The smallest absolute Gasteiger partial charge is 0.363 e. The number of aromatic hydroxyl groups is 1. The Morgan fingerprint density at radius 2 is 2.00 bits per heavy atom. The number of para-hydroxylation sites is 1. The lowest BCUT2D eigenvalue weighted by Crippen LogP contribution is -2.53. The van der Waals surface area contributed by atoms with Crippen LogP contribution >= 0.6 is 0 Å². The average Bonchev–Trinajstić information content (AvgIpc) is 2.40. The Bertz CT molecular complexity index is 505. The van der Waals surface area contributed by atoms with Crippen molar-refractivity contribution in [3.05, 3.63) is 29.8 Å². The third-order valence-electron chi connectivity index (χ3n) is 2.90. The molecule has 110 valence electrons. The van der Waals surface area contributed by atoms with Crippen molar-refractivity contribution < 1.29 is 24.5 Å². The second-order valence-electron chi connectivity index (χ2n) is 4.41. The number of benzene rings is 1. The lowest BCUT2D eigenvalue weighted by atomic mass is 10.1. The van der Waals surface area contributed by atoms with E-state index in [1.807, 2.05) is 0 Å². The number of aliphatic carboxylic acids is 1. The first kappa shape index (κ1) is 15.9. The van der Waals surface area contributed by atoms with Crippen LogP contribution in [0.25, 0.3) is 0 Å². The Kier molecular flexibility index (Phi) is 5.06. The van der Waals surface area contributed by atoms with E-state index in [-0.39, 0.29) is 18.6 Å². The molecule has 7 heteroatoms. The number of hydrogen-bond donors (Lipinski definition) is 4. The summed E-state index contributed by atoms with van der Waals surface area (Å²) < 4.78 is 4.76. The van der Waals surface area contributed by atoms with Crippen molar-refractivity contribution in [1.29, 1.82) is 0 Å². The minimum absolute atomic E-state index is 0.00323. The molecular formula is C13H18N2O5. The van der Waals surface area contributed by atoms with E-state index in [1.165, 1.54) is 13.0 Å². The van der Waals surface area contributed by atoms with Crippen molar-refractivity contribution in [2.24, 2.45) is 11.5 Å². The van der Waals surface area contributed by atoms with Crippen LogP contribution in [0.1, 0.15) is 18.9 Å². The van der Waals surface area contributed by atoms with Crippen LogP contribution in [0.4, 0.5) is 0 Å². The Balaban J connectivity index is 2.73. The molecule has 0 aliphatic carbocycles. The number of carboxylic acid groups (broad SMARTS) is 1. The van der Waals surface area contributed by atoms with Gasteiger partial charge in [-0.3, -0.25) is 10.5 Å². The summed E-state index contributed by atoms with van der Waals surface area (Å²) in [6, 6.07) is 5.27. The number of nitrogens with two attached hydrogens (primary N) is 2. The SMILES string of the molecule is CCC(N)(OC(=O)C(N)Cc1ccccc1O)C(=O)O. The summed E-state index contributed by atoms with van der Waals surface area (Å²) in [7, 11) is 0. The number of carbonyl (C=O) groups is 2. The highest BCUT2D eigenvalue weighted by Crippen LogP contribution is 2.18. The largest absolute Gasteiger partial charge is 0.508 e. The number of carboxylic acids is 1. The Morgan fingerprint density at radius 3 is 2.50 bits per heavy atom. The number of phenolic OH excluding ortho intramolecular Hbond substituents is 1. The van der Waals surface area contributed by atoms with Crippen molar-refractivity contribution in [3.8, 4) is 5.75 Å². The third kappa shape index (κ3) is 3.69. The first-order valence-corrected chi connectivity index (χ1v) is 6.07. The number of rotatable bonds is 6. The van der Waals surface area contributed by atoms with E-state index in [0.717, 1.165) is 0 Å². The number of carbonyl (C=O) groups excluding carboxylic acids is 1. The molecule has 0 radical (unpaired) electrons. The van der Waals surface area contributed by atoms with Crippen LogP contribution in [0.2, 0.25) is 0 Å². The fourth-order valence-electron chi connectivity index (χ4n) is 1.53. The number of hydrogen-bond acceptors (Lipinski definition) is 6. The second-order valence-corrected chi connectivity index (χ2v) is 4.41. The van der Waals surface area contributed by atoms with E-state index < -0.39 is 23.7 Å². The molecule has 1 aromatic carbocycles. The van der Waals surface area contributed by atoms with Crippen molar-refractivity contribution in [3.63, 3.8) is 0 Å². The maximum absolute atomic E-state index is 11.8. The number of esters is 1. The van der Waals surface area contributed by atoms with E-state index in [0.29, 0.717) is 5.56 Å². The Hall–Kier alpha value is -2.12. The van der Waals surface area contributed by atoms with Gasteiger partial charge in [0.2, 0.25) is 0 Å². The van der Waals surface area contributed by atoms with Gasteiger partial charge >= 0.3 is 11.9 Å². The van der Waals surface area contributed by atoms with Gasteiger partial charge in [0.25, 0.3) is 5.72 Å². The van der Waals surface area contributed by atoms with Crippen LogP contribution in [0, 0.1) is 0 Å². The fraction of sp³-hybridized carbons (Fsp3) is 0.385. The van der Waals surface area contributed by atoms with Gasteiger partial charge in [-0.1, -0.05) is 25.1 Å². The molecule has 0 aliphatic heterocycles. The number of phenols is 1. The summed E-state index contributed by atoms with van der Waals surface area (Å²) in [5, 5.41) is 18.5. The van der Waals surface area contributed by atoms with E-state index in [4.69, 9.17) is 21.3 Å². The zero-order valence-corrected chi connectivity index (χ0v) is 11.1. The van der Waals surface area contributed by atoms with E-state index in [2.05, 4.69) is 0 Å². The summed E-state index contributed by atoms with van der Waals surface area (Å²) in [5.41, 5.74) is 9.47. The molecule has 6 N–H and O–H groups in total. The van der Waals surface area contributed by atoms with Crippen molar-refractivity contribution in [2.75, 3.05) is 0 Å². The molecule has 0 amide bonds. The van der Waals surface area contributed by atoms with Crippen LogP contribution < -0.4 is 11.5 Å². The first-order chi connectivity index (χ1) is 9.30. The fourth-order valence-corrected chi connectivity index (χ4v) is 1.53. The molecular weight excluding hydrogens is 264 g/mol. The molecule has 7 nitrogen and oxygen atoms in total. The quantitative estimate of drug-likeness (QED) is 0.424.